The average Bonchev–Trinajstić information content (AvgIpc) is 2.46. The Morgan fingerprint density at radius 2 is 2.24 bits per heavy atom. The first-order valence-corrected chi connectivity index (χ1v) is 8.09. The number of carbonyl (C=O) groups is 1. The van der Waals surface area contributed by atoms with E-state index >= 15 is 0 Å². The van der Waals surface area contributed by atoms with Crippen LogP contribution in [0.15, 0.2) is 23.1 Å². The normalized spacial score (nSPS) is 20.2. The highest BCUT2D eigenvalue weighted by Gasteiger charge is 2.38. The molecule has 0 aromatic heterocycles. The Morgan fingerprint density at radius 1 is 1.52 bits per heavy atom. The molecule has 21 heavy (non-hydrogen) atoms. The molecule has 0 radical (unpaired) electrons. The van der Waals surface area contributed by atoms with E-state index < -0.39 is 27.8 Å². The molecular formula is C12H15ClFN3O3S. The van der Waals surface area contributed by atoms with Gasteiger partial charge in [-0.15, -0.1) is 0 Å². The third-order valence-electron chi connectivity index (χ3n) is 3.22. The van der Waals surface area contributed by atoms with E-state index in [1.807, 2.05) is 0 Å². The molecule has 1 aliphatic rings. The molecular weight excluding hydrogens is 321 g/mol. The van der Waals surface area contributed by atoms with Gasteiger partial charge in [0.15, 0.2) is 0 Å². The molecule has 0 bridgehead atoms. The van der Waals surface area contributed by atoms with Gasteiger partial charge in [0.2, 0.25) is 15.9 Å². The van der Waals surface area contributed by atoms with Crippen molar-refractivity contribution in [3.63, 3.8) is 0 Å². The number of hydrogen-bond donors (Lipinski definition) is 2. The van der Waals surface area contributed by atoms with Crippen molar-refractivity contribution in [2.45, 2.75) is 10.9 Å². The Bertz CT molecular complexity index is 653. The zero-order chi connectivity index (χ0) is 15.6. The summed E-state index contributed by atoms with van der Waals surface area (Å²) >= 11 is 5.83. The quantitative estimate of drug-likeness (QED) is 0.826. The predicted molar refractivity (Wildman–Crippen MR) is 76.0 cm³/mol. The SMILES string of the molecule is CNC(=O)C1CNCCN1S(=O)(=O)c1ccc(F)cc1Cl. The van der Waals surface area contributed by atoms with Crippen LogP contribution in [0, 0.1) is 5.82 Å². The number of halogens is 2. The highest BCUT2D eigenvalue weighted by atomic mass is 35.5. The van der Waals surface area contributed by atoms with Crippen LogP contribution in [0.1, 0.15) is 0 Å². The Balaban J connectivity index is 2.43. The van der Waals surface area contributed by atoms with Crippen LogP contribution >= 0.6 is 11.6 Å². The first-order valence-electron chi connectivity index (χ1n) is 6.27. The van der Waals surface area contributed by atoms with Gasteiger partial charge in [-0.3, -0.25) is 4.79 Å². The van der Waals surface area contributed by atoms with Gasteiger partial charge in [0, 0.05) is 26.7 Å². The molecule has 9 heteroatoms. The average molecular weight is 336 g/mol. The van der Waals surface area contributed by atoms with Crippen LogP contribution in [0.25, 0.3) is 0 Å². The number of amides is 1. The van der Waals surface area contributed by atoms with Crippen molar-refractivity contribution in [1.29, 1.82) is 0 Å². The van der Waals surface area contributed by atoms with Crippen LogP contribution in [0.3, 0.4) is 0 Å². The monoisotopic (exact) mass is 335 g/mol. The van der Waals surface area contributed by atoms with E-state index in [9.17, 15) is 17.6 Å². The van der Waals surface area contributed by atoms with E-state index in [1.54, 1.807) is 0 Å². The molecule has 0 aliphatic carbocycles. The fourth-order valence-corrected chi connectivity index (χ4v) is 4.27. The van der Waals surface area contributed by atoms with Gasteiger partial charge in [-0.1, -0.05) is 11.6 Å². The zero-order valence-electron chi connectivity index (χ0n) is 11.3. The Morgan fingerprint density at radius 3 is 2.86 bits per heavy atom. The van der Waals surface area contributed by atoms with Crippen molar-refractivity contribution < 1.29 is 17.6 Å². The summed E-state index contributed by atoms with van der Waals surface area (Å²) < 4.78 is 39.5. The molecule has 1 aromatic carbocycles. The lowest BCUT2D eigenvalue weighted by Crippen LogP contribution is -2.59. The predicted octanol–water partition coefficient (Wildman–Crippen LogP) is 0.188. The summed E-state index contributed by atoms with van der Waals surface area (Å²) in [6.07, 6.45) is 0. The molecule has 1 atom stereocenters. The molecule has 0 saturated carbocycles. The molecule has 2 N–H and O–H groups in total. The van der Waals surface area contributed by atoms with Crippen molar-refractivity contribution in [2.75, 3.05) is 26.7 Å². The second-order valence-corrected chi connectivity index (χ2v) is 6.79. The van der Waals surface area contributed by atoms with E-state index in [0.717, 1.165) is 22.5 Å². The van der Waals surface area contributed by atoms with Crippen LogP contribution in [-0.2, 0) is 14.8 Å². The maximum Gasteiger partial charge on any atom is 0.245 e. The van der Waals surface area contributed by atoms with Crippen molar-refractivity contribution >= 4 is 27.5 Å². The van der Waals surface area contributed by atoms with E-state index in [-0.39, 0.29) is 23.0 Å². The van der Waals surface area contributed by atoms with Gasteiger partial charge in [-0.05, 0) is 18.2 Å². The Hall–Kier alpha value is -1.22. The van der Waals surface area contributed by atoms with E-state index in [2.05, 4.69) is 10.6 Å². The molecule has 1 fully saturated rings. The van der Waals surface area contributed by atoms with Crippen LogP contribution in [-0.4, -0.2) is 51.4 Å². The number of rotatable bonds is 3. The molecule has 0 spiro atoms. The number of carbonyl (C=O) groups excluding carboxylic acids is 1. The third-order valence-corrected chi connectivity index (χ3v) is 5.61. The maximum absolute atomic E-state index is 13.1. The second-order valence-electron chi connectivity index (χ2n) is 4.52. The smallest absolute Gasteiger partial charge is 0.245 e. The molecule has 1 aliphatic heterocycles. The molecule has 1 amide bonds. The fourth-order valence-electron chi connectivity index (χ4n) is 2.17. The van der Waals surface area contributed by atoms with E-state index in [4.69, 9.17) is 11.6 Å². The summed E-state index contributed by atoms with van der Waals surface area (Å²) in [6, 6.07) is 2.20. The Labute approximate surface area is 127 Å². The molecule has 1 unspecified atom stereocenters. The minimum Gasteiger partial charge on any atom is -0.358 e. The van der Waals surface area contributed by atoms with Gasteiger partial charge >= 0.3 is 0 Å². The summed E-state index contributed by atoms with van der Waals surface area (Å²) in [7, 11) is -2.54. The number of sulfonamides is 1. The van der Waals surface area contributed by atoms with Crippen molar-refractivity contribution in [3.05, 3.63) is 29.0 Å². The summed E-state index contributed by atoms with van der Waals surface area (Å²) in [5.74, 6) is -1.04. The molecule has 1 aromatic rings. The molecule has 2 rings (SSSR count). The van der Waals surface area contributed by atoms with Crippen LogP contribution in [0.4, 0.5) is 4.39 Å². The van der Waals surface area contributed by atoms with E-state index in [1.165, 1.54) is 7.05 Å². The summed E-state index contributed by atoms with van der Waals surface area (Å²) in [5.41, 5.74) is 0. The van der Waals surface area contributed by atoms with Crippen molar-refractivity contribution in [3.8, 4) is 0 Å². The minimum atomic E-state index is -3.98. The van der Waals surface area contributed by atoms with E-state index in [0.29, 0.717) is 6.54 Å². The Kier molecular flexibility index (Phi) is 4.82. The number of piperazine rings is 1. The highest BCUT2D eigenvalue weighted by molar-refractivity contribution is 7.89. The van der Waals surface area contributed by atoms with Crippen molar-refractivity contribution in [1.82, 2.24) is 14.9 Å². The lowest BCUT2D eigenvalue weighted by atomic mass is 10.2. The first-order chi connectivity index (χ1) is 9.87. The molecule has 116 valence electrons. The lowest BCUT2D eigenvalue weighted by molar-refractivity contribution is -0.124. The van der Waals surface area contributed by atoms with Gasteiger partial charge in [0.1, 0.15) is 16.8 Å². The summed E-state index contributed by atoms with van der Waals surface area (Å²) in [6.45, 7) is 0.761. The summed E-state index contributed by atoms with van der Waals surface area (Å²) in [4.78, 5) is 11.6. The largest absolute Gasteiger partial charge is 0.358 e. The number of benzene rings is 1. The third kappa shape index (κ3) is 3.18. The highest BCUT2D eigenvalue weighted by Crippen LogP contribution is 2.27. The van der Waals surface area contributed by atoms with Crippen LogP contribution in [0.2, 0.25) is 5.02 Å². The van der Waals surface area contributed by atoms with Gasteiger partial charge in [0.05, 0.1) is 5.02 Å². The topological polar surface area (TPSA) is 78.5 Å². The molecule has 1 saturated heterocycles. The fraction of sp³-hybridized carbons (Fsp3) is 0.417. The van der Waals surface area contributed by atoms with Crippen molar-refractivity contribution in [2.24, 2.45) is 0 Å². The molecule has 1 heterocycles. The molecule has 6 nitrogen and oxygen atoms in total. The van der Waals surface area contributed by atoms with Gasteiger partial charge in [0.25, 0.3) is 0 Å². The zero-order valence-corrected chi connectivity index (χ0v) is 12.8. The van der Waals surface area contributed by atoms with Gasteiger partial charge < -0.3 is 10.6 Å². The number of nitrogens with one attached hydrogen (secondary N) is 2. The maximum atomic E-state index is 13.1. The standard InChI is InChI=1S/C12H15ClFN3O3S/c1-15-12(18)10-7-16-4-5-17(10)21(19,20)11-3-2-8(14)6-9(11)13/h2-3,6,10,16H,4-5,7H2,1H3,(H,15,18). The van der Waals surface area contributed by atoms with Crippen LogP contribution < -0.4 is 10.6 Å². The number of likely N-dealkylation sites (N-methyl/N-ethyl adjacent to an activating group) is 1. The minimum absolute atomic E-state index is 0.133. The number of nitrogens with zero attached hydrogens (tertiary/aromatic N) is 1. The lowest BCUT2D eigenvalue weighted by Gasteiger charge is -2.34. The number of hydrogen-bond acceptors (Lipinski definition) is 4. The first kappa shape index (κ1) is 16.2. The second kappa shape index (κ2) is 6.27. The van der Waals surface area contributed by atoms with Gasteiger partial charge in [-0.25, -0.2) is 12.8 Å². The summed E-state index contributed by atoms with van der Waals surface area (Å²) in [5, 5.41) is 5.20. The van der Waals surface area contributed by atoms with Gasteiger partial charge in [-0.2, -0.15) is 4.31 Å². The van der Waals surface area contributed by atoms with Crippen LogP contribution in [0.5, 0.6) is 0 Å².